The lowest BCUT2D eigenvalue weighted by molar-refractivity contribution is -0.359. The monoisotopic (exact) mass is 1250 g/mol. The van der Waals surface area contributed by atoms with Gasteiger partial charge in [-0.3, -0.25) is 4.79 Å². The van der Waals surface area contributed by atoms with Crippen LogP contribution in [0.25, 0.3) is 0 Å². The van der Waals surface area contributed by atoms with Gasteiger partial charge in [-0.05, 0) is 57.8 Å². The van der Waals surface area contributed by atoms with Crippen LogP contribution in [0.2, 0.25) is 0 Å². The summed E-state index contributed by atoms with van der Waals surface area (Å²) in [4.78, 5) is 13.3. The van der Waals surface area contributed by atoms with Gasteiger partial charge in [-0.15, -0.1) is 0 Å². The first-order valence-corrected chi connectivity index (χ1v) is 37.2. The molecule has 9 N–H and O–H groups in total. The molecular formula is C74H139NO13. The Balaban J connectivity index is 1.67. The van der Waals surface area contributed by atoms with E-state index in [0.717, 1.165) is 32.1 Å². The number of amides is 1. The summed E-state index contributed by atoms with van der Waals surface area (Å²) in [6.07, 6.45) is 59.3. The molecule has 0 spiro atoms. The van der Waals surface area contributed by atoms with Gasteiger partial charge in [-0.2, -0.15) is 0 Å². The minimum absolute atomic E-state index is 0.243. The molecule has 88 heavy (non-hydrogen) atoms. The quantitative estimate of drug-likeness (QED) is 0.0204. The third-order valence-corrected chi connectivity index (χ3v) is 18.3. The van der Waals surface area contributed by atoms with E-state index in [1.807, 2.05) is 6.08 Å². The van der Waals surface area contributed by atoms with Gasteiger partial charge in [-0.1, -0.05) is 307 Å². The van der Waals surface area contributed by atoms with E-state index in [0.29, 0.717) is 12.8 Å². The van der Waals surface area contributed by atoms with E-state index in [-0.39, 0.29) is 18.9 Å². The van der Waals surface area contributed by atoms with Gasteiger partial charge < -0.3 is 65.1 Å². The summed E-state index contributed by atoms with van der Waals surface area (Å²) < 4.78 is 22.9. The zero-order valence-corrected chi connectivity index (χ0v) is 56.5. The van der Waals surface area contributed by atoms with E-state index in [1.54, 1.807) is 6.08 Å². The fourth-order valence-corrected chi connectivity index (χ4v) is 12.4. The second-order valence-electron chi connectivity index (χ2n) is 26.4. The maximum atomic E-state index is 13.3. The number of carbonyl (C=O) groups excluding carboxylic acids is 1. The maximum absolute atomic E-state index is 13.3. The van der Waals surface area contributed by atoms with E-state index in [4.69, 9.17) is 18.9 Å². The van der Waals surface area contributed by atoms with Gasteiger partial charge in [0.05, 0.1) is 32.0 Å². The molecule has 14 heteroatoms. The van der Waals surface area contributed by atoms with Crippen molar-refractivity contribution in [3.8, 4) is 0 Å². The molecule has 0 aromatic carbocycles. The van der Waals surface area contributed by atoms with Crippen LogP contribution in [0.5, 0.6) is 0 Å². The molecule has 0 aromatic heterocycles. The van der Waals surface area contributed by atoms with Gasteiger partial charge in [-0.25, -0.2) is 0 Å². The van der Waals surface area contributed by atoms with Crippen molar-refractivity contribution in [2.45, 2.75) is 408 Å². The van der Waals surface area contributed by atoms with E-state index >= 15 is 0 Å². The molecule has 1 amide bonds. The molecule has 2 fully saturated rings. The molecule has 2 rings (SSSR count). The number of aliphatic hydroxyl groups is 8. The molecule has 0 saturated carbocycles. The van der Waals surface area contributed by atoms with Gasteiger partial charge in [0.2, 0.25) is 5.91 Å². The van der Waals surface area contributed by atoms with Crippen LogP contribution in [0.3, 0.4) is 0 Å². The van der Waals surface area contributed by atoms with Crippen LogP contribution < -0.4 is 5.32 Å². The number of aliphatic hydroxyl groups excluding tert-OH is 8. The fraction of sp³-hybridized carbons (Fsp3) is 0.905. The van der Waals surface area contributed by atoms with Gasteiger partial charge in [0.1, 0.15) is 48.8 Å². The Kier molecular flexibility index (Phi) is 55.2. The highest BCUT2D eigenvalue weighted by molar-refractivity contribution is 5.76. The minimum atomic E-state index is -1.79. The zero-order valence-electron chi connectivity index (χ0n) is 56.5. The number of nitrogens with one attached hydrogen (secondary N) is 1. The van der Waals surface area contributed by atoms with Crippen molar-refractivity contribution in [1.82, 2.24) is 5.32 Å². The summed E-state index contributed by atoms with van der Waals surface area (Å²) in [6, 6.07) is -0.932. The standard InChI is InChI=1S/C74H139NO13/c1-3-5-7-9-11-13-15-17-19-21-23-25-27-29-30-31-32-34-36-38-40-42-44-46-48-50-52-54-56-58-66(79)75-62(61-85-73-71(84)69(82)72(65(60-77)87-73)88-74-70(83)68(81)67(80)64(59-76)86-74)63(78)57-55-53-51-49-47-45-43-41-39-37-35-33-28-26-24-22-20-18-16-14-12-10-8-6-4-2/h21,23,47,49,55,57,62-65,67-74,76-78,80-84H,3-20,22,24-46,48,50-54,56,58-61H2,1-2H3,(H,75,79)/b23-21-,49-47+,57-55+. The van der Waals surface area contributed by atoms with Crippen LogP contribution in [0.15, 0.2) is 36.5 Å². The number of ether oxygens (including phenoxy) is 4. The van der Waals surface area contributed by atoms with Crippen LogP contribution in [0, 0.1) is 0 Å². The summed E-state index contributed by atoms with van der Waals surface area (Å²) in [5.41, 5.74) is 0. The molecule has 14 nitrogen and oxygen atoms in total. The molecule has 2 aliphatic heterocycles. The summed E-state index contributed by atoms with van der Waals surface area (Å²) in [5, 5.41) is 87.5. The maximum Gasteiger partial charge on any atom is 0.220 e. The number of rotatable bonds is 62. The summed E-state index contributed by atoms with van der Waals surface area (Å²) in [7, 11) is 0. The topological polar surface area (TPSA) is 228 Å². The van der Waals surface area contributed by atoms with Crippen molar-refractivity contribution < 1.29 is 64.6 Å². The normalized spacial score (nSPS) is 23.3. The van der Waals surface area contributed by atoms with Gasteiger partial charge in [0, 0.05) is 6.42 Å². The number of allylic oxidation sites excluding steroid dienone is 5. The van der Waals surface area contributed by atoms with Crippen molar-refractivity contribution in [2.75, 3.05) is 19.8 Å². The van der Waals surface area contributed by atoms with Crippen molar-refractivity contribution in [1.29, 1.82) is 0 Å². The molecule has 0 aliphatic carbocycles. The largest absolute Gasteiger partial charge is 0.394 e. The SMILES string of the molecule is CCCCCCCCCC/C=C\CCCCCCCCCCCCCCCCCCCC(=O)NC(COC1OC(CO)C(OC2OC(CO)C(O)C(O)C2O)C(O)C1O)C(O)/C=C/CC/C=C/CCCCCCCCCCCCCCCCCCCCC. The lowest BCUT2D eigenvalue weighted by atomic mass is 9.97. The molecule has 2 saturated heterocycles. The smallest absolute Gasteiger partial charge is 0.220 e. The first kappa shape index (κ1) is 82.3. The first-order valence-electron chi connectivity index (χ1n) is 37.2. The average molecular weight is 1250 g/mol. The van der Waals surface area contributed by atoms with E-state index in [2.05, 4.69) is 43.5 Å². The number of carbonyl (C=O) groups is 1. The fourth-order valence-electron chi connectivity index (χ4n) is 12.4. The molecule has 12 unspecified atom stereocenters. The van der Waals surface area contributed by atoms with Crippen LogP contribution in [-0.4, -0.2) is 140 Å². The molecule has 0 bridgehead atoms. The highest BCUT2D eigenvalue weighted by atomic mass is 16.7. The Morgan fingerprint density at radius 1 is 0.398 bits per heavy atom. The molecular weight excluding hydrogens is 1110 g/mol. The Morgan fingerprint density at radius 2 is 0.727 bits per heavy atom. The van der Waals surface area contributed by atoms with Crippen LogP contribution in [0.1, 0.15) is 335 Å². The minimum Gasteiger partial charge on any atom is -0.394 e. The third-order valence-electron chi connectivity index (χ3n) is 18.3. The first-order chi connectivity index (χ1) is 43.1. The van der Waals surface area contributed by atoms with E-state index in [9.17, 15) is 45.6 Å². The lowest BCUT2D eigenvalue weighted by Crippen LogP contribution is -2.65. The van der Waals surface area contributed by atoms with Crippen LogP contribution in [0.4, 0.5) is 0 Å². The molecule has 518 valence electrons. The van der Waals surface area contributed by atoms with Crippen molar-refractivity contribution in [3.63, 3.8) is 0 Å². The van der Waals surface area contributed by atoms with Gasteiger partial charge in [0.25, 0.3) is 0 Å². The molecule has 0 radical (unpaired) electrons. The number of hydrogen-bond donors (Lipinski definition) is 9. The van der Waals surface area contributed by atoms with E-state index in [1.165, 1.54) is 270 Å². The van der Waals surface area contributed by atoms with Crippen LogP contribution in [-0.2, 0) is 23.7 Å². The van der Waals surface area contributed by atoms with E-state index < -0.39 is 86.8 Å². The molecule has 2 aliphatic rings. The third kappa shape index (κ3) is 42.4. The average Bonchev–Trinajstić information content (AvgIpc) is 2.07. The lowest BCUT2D eigenvalue weighted by Gasteiger charge is -2.46. The highest BCUT2D eigenvalue weighted by Crippen LogP contribution is 2.30. The van der Waals surface area contributed by atoms with Crippen molar-refractivity contribution in [2.24, 2.45) is 0 Å². The highest BCUT2D eigenvalue weighted by Gasteiger charge is 2.51. The summed E-state index contributed by atoms with van der Waals surface area (Å²) in [5.74, 6) is -0.243. The second kappa shape index (κ2) is 59.0. The van der Waals surface area contributed by atoms with Crippen LogP contribution >= 0.6 is 0 Å². The van der Waals surface area contributed by atoms with Crippen molar-refractivity contribution >= 4 is 5.91 Å². The second-order valence-corrected chi connectivity index (χ2v) is 26.4. The Labute approximate surface area is 538 Å². The Morgan fingerprint density at radius 3 is 1.11 bits per heavy atom. The van der Waals surface area contributed by atoms with Gasteiger partial charge >= 0.3 is 0 Å². The Bertz CT molecular complexity index is 1620. The predicted molar refractivity (Wildman–Crippen MR) is 360 cm³/mol. The molecule has 12 atom stereocenters. The van der Waals surface area contributed by atoms with Gasteiger partial charge in [0.15, 0.2) is 12.6 Å². The molecule has 0 aromatic rings. The summed E-state index contributed by atoms with van der Waals surface area (Å²) >= 11 is 0. The summed E-state index contributed by atoms with van der Waals surface area (Å²) in [6.45, 7) is 2.84. The number of hydrogen-bond acceptors (Lipinski definition) is 13. The predicted octanol–water partition coefficient (Wildman–Crippen LogP) is 15.7. The zero-order chi connectivity index (χ0) is 63.8. The molecule has 2 heterocycles. The number of unbranched alkanes of at least 4 members (excludes halogenated alkanes) is 45. The Hall–Kier alpha value is -1.79. The van der Waals surface area contributed by atoms with Crippen molar-refractivity contribution in [3.05, 3.63) is 36.5 Å².